The number of rotatable bonds is 4. The molecule has 1 aromatic heterocycles. The molecule has 0 spiro atoms. The van der Waals surface area contributed by atoms with Gasteiger partial charge in [0.1, 0.15) is 17.7 Å². The second-order valence-electron chi connectivity index (χ2n) is 7.81. The fourth-order valence-corrected chi connectivity index (χ4v) is 5.09. The average Bonchev–Trinajstić information content (AvgIpc) is 3.44. The lowest BCUT2D eigenvalue weighted by molar-refractivity contribution is 0.0821. The number of nitrogens with zero attached hydrogens (tertiary/aromatic N) is 2. The van der Waals surface area contributed by atoms with Crippen LogP contribution in [-0.4, -0.2) is 45.4 Å². The van der Waals surface area contributed by atoms with Gasteiger partial charge in [-0.25, -0.2) is 4.39 Å². The molecule has 1 unspecified atom stereocenters. The lowest BCUT2D eigenvalue weighted by Gasteiger charge is -2.30. The van der Waals surface area contributed by atoms with Gasteiger partial charge in [0.15, 0.2) is 0 Å². The summed E-state index contributed by atoms with van der Waals surface area (Å²) >= 11 is 12.8. The second kappa shape index (κ2) is 7.85. The highest BCUT2D eigenvalue weighted by molar-refractivity contribution is 6.35. The number of H-pyrrole nitrogens is 1. The van der Waals surface area contributed by atoms with Crippen molar-refractivity contribution in [1.82, 2.24) is 15.1 Å². The quantitative estimate of drug-likeness (QED) is 0.611. The highest BCUT2D eigenvalue weighted by atomic mass is 35.5. The van der Waals surface area contributed by atoms with Gasteiger partial charge in [-0.3, -0.25) is 10.00 Å². The summed E-state index contributed by atoms with van der Waals surface area (Å²) in [6, 6.07) is 9.83. The molecule has 1 aliphatic carbocycles. The van der Waals surface area contributed by atoms with Crippen molar-refractivity contribution in [3.8, 4) is 17.0 Å². The number of benzene rings is 2. The number of hydrogen-bond acceptors (Lipinski definition) is 4. The maximum absolute atomic E-state index is 14.0. The largest absolute Gasteiger partial charge is 0.483 e. The van der Waals surface area contributed by atoms with Gasteiger partial charge >= 0.3 is 0 Å². The Hall–Kier alpha value is -2.12. The molecule has 30 heavy (non-hydrogen) atoms. The first kappa shape index (κ1) is 19.8. The van der Waals surface area contributed by atoms with E-state index in [1.54, 1.807) is 24.4 Å². The Morgan fingerprint density at radius 1 is 1.20 bits per heavy atom. The summed E-state index contributed by atoms with van der Waals surface area (Å²) in [6.07, 6.45) is 2.34. The number of ether oxygens (including phenoxy) is 1. The van der Waals surface area contributed by atoms with Crippen molar-refractivity contribution >= 4 is 23.2 Å². The molecule has 156 valence electrons. The minimum atomic E-state index is -0.357. The molecule has 5 nitrogen and oxygen atoms in total. The average molecular weight is 448 g/mol. The standard InChI is InChI=1S/C22H20Cl2FN3O2/c23-12-7-16-15(18(24)8-12)10-20(28-6-4-14(29)11-28)22(16)30-21-2-1-13(25)9-17(21)19-3-5-26-27-19/h1-3,5,7-9,14,20,22,29H,4,6,10-11H2,(H,26,27)/t14?,20-,22-/m0/s1. The van der Waals surface area contributed by atoms with Crippen LogP contribution in [0.15, 0.2) is 42.6 Å². The van der Waals surface area contributed by atoms with Crippen molar-refractivity contribution in [1.29, 1.82) is 0 Å². The number of aliphatic hydroxyl groups excluding tert-OH is 1. The zero-order chi connectivity index (χ0) is 20.8. The Balaban J connectivity index is 1.56. The Labute approximate surface area is 183 Å². The van der Waals surface area contributed by atoms with Gasteiger partial charge in [-0.2, -0.15) is 5.10 Å². The molecule has 2 aromatic carbocycles. The lowest BCUT2D eigenvalue weighted by atomic mass is 10.1. The summed E-state index contributed by atoms with van der Waals surface area (Å²) in [5.41, 5.74) is 3.19. The molecule has 0 amide bonds. The van der Waals surface area contributed by atoms with E-state index >= 15 is 0 Å². The highest BCUT2D eigenvalue weighted by Crippen LogP contribution is 2.44. The summed E-state index contributed by atoms with van der Waals surface area (Å²) in [5.74, 6) is 0.184. The van der Waals surface area contributed by atoms with E-state index in [9.17, 15) is 9.50 Å². The first-order valence-corrected chi connectivity index (χ1v) is 10.6. The van der Waals surface area contributed by atoms with Gasteiger partial charge in [0.05, 0.1) is 17.8 Å². The predicted octanol–water partition coefficient (Wildman–Crippen LogP) is 4.63. The topological polar surface area (TPSA) is 61.4 Å². The molecule has 8 heteroatoms. The molecule has 5 rings (SSSR count). The molecule has 3 aromatic rings. The third-order valence-electron chi connectivity index (χ3n) is 5.91. The normalized spacial score (nSPS) is 23.7. The van der Waals surface area contributed by atoms with Gasteiger partial charge in [-0.05, 0) is 54.8 Å². The molecular weight excluding hydrogens is 428 g/mol. The van der Waals surface area contributed by atoms with E-state index < -0.39 is 0 Å². The number of aliphatic hydroxyl groups is 1. The Bertz CT molecular complexity index is 1080. The van der Waals surface area contributed by atoms with Crippen LogP contribution in [0.5, 0.6) is 5.75 Å². The second-order valence-corrected chi connectivity index (χ2v) is 8.66. The fourth-order valence-electron chi connectivity index (χ4n) is 4.51. The van der Waals surface area contributed by atoms with E-state index in [0.717, 1.165) is 24.1 Å². The number of aromatic nitrogens is 2. The van der Waals surface area contributed by atoms with Crippen LogP contribution < -0.4 is 4.74 Å². The van der Waals surface area contributed by atoms with Crippen molar-refractivity contribution in [3.63, 3.8) is 0 Å². The van der Waals surface area contributed by atoms with Gasteiger partial charge in [0.2, 0.25) is 0 Å². The summed E-state index contributed by atoms with van der Waals surface area (Å²) in [6.45, 7) is 1.36. The van der Waals surface area contributed by atoms with E-state index in [4.69, 9.17) is 27.9 Å². The van der Waals surface area contributed by atoms with Crippen molar-refractivity contribution in [2.75, 3.05) is 13.1 Å². The highest BCUT2D eigenvalue weighted by Gasteiger charge is 2.42. The Kier molecular flexibility index (Phi) is 5.19. The van der Waals surface area contributed by atoms with Gasteiger partial charge in [-0.15, -0.1) is 0 Å². The van der Waals surface area contributed by atoms with Crippen LogP contribution >= 0.6 is 23.2 Å². The molecule has 2 heterocycles. The van der Waals surface area contributed by atoms with Gasteiger partial charge in [0.25, 0.3) is 0 Å². The number of fused-ring (bicyclic) bond motifs is 1. The summed E-state index contributed by atoms with van der Waals surface area (Å²) in [7, 11) is 0. The van der Waals surface area contributed by atoms with E-state index in [2.05, 4.69) is 15.1 Å². The molecule has 1 fully saturated rings. The number of aromatic amines is 1. The van der Waals surface area contributed by atoms with Crippen LogP contribution in [0, 0.1) is 5.82 Å². The molecular formula is C22H20Cl2FN3O2. The fraction of sp³-hybridized carbons (Fsp3) is 0.318. The smallest absolute Gasteiger partial charge is 0.140 e. The van der Waals surface area contributed by atoms with E-state index in [1.165, 1.54) is 12.1 Å². The van der Waals surface area contributed by atoms with Gasteiger partial charge in [-0.1, -0.05) is 23.2 Å². The first-order chi connectivity index (χ1) is 14.5. The molecule has 1 aliphatic heterocycles. The van der Waals surface area contributed by atoms with Crippen LogP contribution in [0.4, 0.5) is 4.39 Å². The summed E-state index contributed by atoms with van der Waals surface area (Å²) < 4.78 is 20.5. The van der Waals surface area contributed by atoms with Crippen molar-refractivity contribution in [2.24, 2.45) is 0 Å². The Morgan fingerprint density at radius 3 is 2.80 bits per heavy atom. The van der Waals surface area contributed by atoms with Gasteiger partial charge in [0, 0.05) is 40.5 Å². The van der Waals surface area contributed by atoms with Crippen LogP contribution in [0.3, 0.4) is 0 Å². The van der Waals surface area contributed by atoms with E-state index in [0.29, 0.717) is 40.0 Å². The molecule has 0 bridgehead atoms. The van der Waals surface area contributed by atoms with Crippen LogP contribution in [0.25, 0.3) is 11.3 Å². The first-order valence-electron chi connectivity index (χ1n) is 9.85. The zero-order valence-corrected chi connectivity index (χ0v) is 17.5. The molecule has 2 N–H and O–H groups in total. The summed E-state index contributed by atoms with van der Waals surface area (Å²) in [5, 5.41) is 18.1. The van der Waals surface area contributed by atoms with Crippen LogP contribution in [0.1, 0.15) is 23.7 Å². The number of likely N-dealkylation sites (tertiary alicyclic amines) is 1. The van der Waals surface area contributed by atoms with Crippen LogP contribution in [0.2, 0.25) is 10.0 Å². The molecule has 0 radical (unpaired) electrons. The third-order valence-corrected chi connectivity index (χ3v) is 6.47. The lowest BCUT2D eigenvalue weighted by Crippen LogP contribution is -2.39. The van der Waals surface area contributed by atoms with Crippen molar-refractivity contribution in [2.45, 2.75) is 31.1 Å². The zero-order valence-electron chi connectivity index (χ0n) is 16.0. The number of nitrogens with one attached hydrogen (secondary N) is 1. The van der Waals surface area contributed by atoms with Crippen molar-refractivity contribution in [3.05, 3.63) is 69.6 Å². The van der Waals surface area contributed by atoms with Crippen LogP contribution in [-0.2, 0) is 6.42 Å². The summed E-state index contributed by atoms with van der Waals surface area (Å²) in [4.78, 5) is 2.24. The maximum Gasteiger partial charge on any atom is 0.140 e. The van der Waals surface area contributed by atoms with E-state index in [-0.39, 0.29) is 24.1 Å². The number of β-amino-alcohol motifs (C(OH)–C–C–N with tert-alkyl or cyclic N) is 1. The number of halogens is 3. The van der Waals surface area contributed by atoms with Gasteiger partial charge < -0.3 is 9.84 Å². The maximum atomic E-state index is 14.0. The third kappa shape index (κ3) is 3.58. The molecule has 0 saturated carbocycles. The molecule has 2 aliphatic rings. The minimum absolute atomic E-state index is 0.00668. The monoisotopic (exact) mass is 447 g/mol. The van der Waals surface area contributed by atoms with Crippen molar-refractivity contribution < 1.29 is 14.2 Å². The SMILES string of the molecule is OC1CCN([C@H]2Cc3c(Cl)cc(Cl)cc3[C@@H]2Oc2ccc(F)cc2-c2ccn[nH]2)C1. The molecule has 1 saturated heterocycles. The Morgan fingerprint density at radius 2 is 2.07 bits per heavy atom. The molecule has 3 atom stereocenters. The minimum Gasteiger partial charge on any atom is -0.483 e. The number of hydrogen-bond donors (Lipinski definition) is 2. The van der Waals surface area contributed by atoms with E-state index in [1.807, 2.05) is 6.07 Å². The predicted molar refractivity (Wildman–Crippen MR) is 114 cm³/mol.